The summed E-state index contributed by atoms with van der Waals surface area (Å²) >= 11 is 0. The summed E-state index contributed by atoms with van der Waals surface area (Å²) < 4.78 is 10.7. The number of hydrogen-bond donors (Lipinski definition) is 3. The number of aliphatic hydroxyl groups excluding tert-OH is 1. The third-order valence-electron chi connectivity index (χ3n) is 3.29. The van der Waals surface area contributed by atoms with Gasteiger partial charge in [0, 0.05) is 12.8 Å². The molecule has 1 aromatic heterocycles. The molecule has 1 aliphatic rings. The molecule has 2 atom stereocenters. The first-order valence-corrected chi connectivity index (χ1v) is 6.94. The van der Waals surface area contributed by atoms with Crippen LogP contribution < -0.4 is 11.1 Å². The zero-order valence-electron chi connectivity index (χ0n) is 12.0. The Labute approximate surface area is 127 Å². The fourth-order valence-electron chi connectivity index (χ4n) is 2.18. The molecule has 120 valence electrons. The number of nitrogens with one attached hydrogen (secondary N) is 1. The van der Waals surface area contributed by atoms with E-state index in [4.69, 9.17) is 20.3 Å². The second-order valence-electron chi connectivity index (χ2n) is 4.97. The minimum absolute atomic E-state index is 0.167. The van der Waals surface area contributed by atoms with Crippen LogP contribution in [-0.4, -0.2) is 53.9 Å². The Morgan fingerprint density at radius 1 is 1.55 bits per heavy atom. The Morgan fingerprint density at radius 2 is 2.36 bits per heavy atom. The molecule has 0 bridgehead atoms. The molecule has 2 heterocycles. The van der Waals surface area contributed by atoms with E-state index in [1.165, 1.54) is 12.3 Å². The maximum atomic E-state index is 12.2. The average molecular weight is 309 g/mol. The van der Waals surface area contributed by atoms with Crippen molar-refractivity contribution in [1.82, 2.24) is 10.3 Å². The SMILES string of the molecule is NC(=O)CO[C@H]1CCOC[C@H]1NC(=O)c1cc(CO)ccn1. The molecule has 8 nitrogen and oxygen atoms in total. The molecular formula is C14H19N3O5. The van der Waals surface area contributed by atoms with Gasteiger partial charge in [-0.2, -0.15) is 0 Å². The Bertz CT molecular complexity index is 537. The highest BCUT2D eigenvalue weighted by molar-refractivity contribution is 5.92. The molecule has 1 aliphatic heterocycles. The van der Waals surface area contributed by atoms with Crippen LogP contribution in [0, 0.1) is 0 Å². The van der Waals surface area contributed by atoms with Crippen LogP contribution in [0.4, 0.5) is 0 Å². The summed E-state index contributed by atoms with van der Waals surface area (Å²) in [6, 6.07) is 2.75. The number of primary amides is 1. The zero-order chi connectivity index (χ0) is 15.9. The van der Waals surface area contributed by atoms with Crippen LogP contribution in [0.3, 0.4) is 0 Å². The van der Waals surface area contributed by atoms with Crippen molar-refractivity contribution in [3.05, 3.63) is 29.6 Å². The van der Waals surface area contributed by atoms with Crippen molar-refractivity contribution in [2.45, 2.75) is 25.2 Å². The Kier molecular flexibility index (Phi) is 5.82. The zero-order valence-corrected chi connectivity index (χ0v) is 12.0. The van der Waals surface area contributed by atoms with E-state index in [9.17, 15) is 9.59 Å². The predicted molar refractivity (Wildman–Crippen MR) is 75.8 cm³/mol. The molecule has 1 saturated heterocycles. The second-order valence-corrected chi connectivity index (χ2v) is 4.97. The van der Waals surface area contributed by atoms with Crippen LogP contribution in [0.2, 0.25) is 0 Å². The summed E-state index contributed by atoms with van der Waals surface area (Å²) in [5.74, 6) is -0.952. The summed E-state index contributed by atoms with van der Waals surface area (Å²) in [6.45, 7) is 0.415. The van der Waals surface area contributed by atoms with Crippen LogP contribution in [0.25, 0.3) is 0 Å². The number of nitrogens with zero attached hydrogens (tertiary/aromatic N) is 1. The molecule has 0 saturated carbocycles. The average Bonchev–Trinajstić information content (AvgIpc) is 2.54. The maximum absolute atomic E-state index is 12.2. The van der Waals surface area contributed by atoms with Crippen LogP contribution in [-0.2, 0) is 20.9 Å². The lowest BCUT2D eigenvalue weighted by atomic mass is 10.1. The number of aliphatic hydroxyl groups is 1. The fourth-order valence-corrected chi connectivity index (χ4v) is 2.18. The number of ether oxygens (including phenoxy) is 2. The molecule has 22 heavy (non-hydrogen) atoms. The molecule has 0 spiro atoms. The highest BCUT2D eigenvalue weighted by Crippen LogP contribution is 2.13. The van der Waals surface area contributed by atoms with Crippen molar-refractivity contribution in [3.63, 3.8) is 0 Å². The van der Waals surface area contributed by atoms with Crippen LogP contribution in [0.1, 0.15) is 22.5 Å². The van der Waals surface area contributed by atoms with Crippen molar-refractivity contribution in [1.29, 1.82) is 0 Å². The van der Waals surface area contributed by atoms with E-state index in [2.05, 4.69) is 10.3 Å². The first kappa shape index (κ1) is 16.3. The van der Waals surface area contributed by atoms with Crippen LogP contribution in [0.5, 0.6) is 0 Å². The van der Waals surface area contributed by atoms with E-state index in [-0.39, 0.29) is 37.7 Å². The summed E-state index contributed by atoms with van der Waals surface area (Å²) in [4.78, 5) is 27.0. The molecule has 0 aromatic carbocycles. The quantitative estimate of drug-likeness (QED) is 0.617. The van der Waals surface area contributed by atoms with Gasteiger partial charge in [-0.05, 0) is 24.1 Å². The van der Waals surface area contributed by atoms with Gasteiger partial charge in [0.25, 0.3) is 5.91 Å². The predicted octanol–water partition coefficient (Wildman–Crippen LogP) is -1.04. The lowest BCUT2D eigenvalue weighted by Crippen LogP contribution is -2.51. The highest BCUT2D eigenvalue weighted by atomic mass is 16.5. The molecular weight excluding hydrogens is 290 g/mol. The number of pyridine rings is 1. The molecule has 0 aliphatic carbocycles. The fraction of sp³-hybridized carbons (Fsp3) is 0.500. The molecule has 8 heteroatoms. The Hall–Kier alpha value is -2.03. The van der Waals surface area contributed by atoms with Gasteiger partial charge in [-0.15, -0.1) is 0 Å². The number of carbonyl (C=O) groups excluding carboxylic acids is 2. The van der Waals surface area contributed by atoms with Crippen molar-refractivity contribution in [2.24, 2.45) is 5.73 Å². The van der Waals surface area contributed by atoms with Gasteiger partial charge in [-0.1, -0.05) is 0 Å². The number of carbonyl (C=O) groups is 2. The first-order chi connectivity index (χ1) is 10.6. The molecule has 0 radical (unpaired) electrons. The number of hydrogen-bond acceptors (Lipinski definition) is 6. The minimum atomic E-state index is -0.561. The van der Waals surface area contributed by atoms with Gasteiger partial charge >= 0.3 is 0 Å². The van der Waals surface area contributed by atoms with Crippen molar-refractivity contribution in [2.75, 3.05) is 19.8 Å². The van der Waals surface area contributed by atoms with Gasteiger partial charge in [0.1, 0.15) is 12.3 Å². The molecule has 1 fully saturated rings. The number of aromatic nitrogens is 1. The smallest absolute Gasteiger partial charge is 0.270 e. The molecule has 0 unspecified atom stereocenters. The lowest BCUT2D eigenvalue weighted by molar-refractivity contribution is -0.128. The monoisotopic (exact) mass is 309 g/mol. The normalized spacial score (nSPS) is 21.3. The molecule has 1 aromatic rings. The van der Waals surface area contributed by atoms with Crippen LogP contribution >= 0.6 is 0 Å². The molecule has 4 N–H and O–H groups in total. The van der Waals surface area contributed by atoms with E-state index in [0.29, 0.717) is 18.6 Å². The van der Waals surface area contributed by atoms with Crippen molar-refractivity contribution < 1.29 is 24.2 Å². The van der Waals surface area contributed by atoms with E-state index in [1.54, 1.807) is 6.07 Å². The largest absolute Gasteiger partial charge is 0.392 e. The summed E-state index contributed by atoms with van der Waals surface area (Å²) in [7, 11) is 0. The van der Waals surface area contributed by atoms with E-state index in [0.717, 1.165) is 0 Å². The van der Waals surface area contributed by atoms with Crippen molar-refractivity contribution >= 4 is 11.8 Å². The first-order valence-electron chi connectivity index (χ1n) is 6.94. The topological polar surface area (TPSA) is 124 Å². The van der Waals surface area contributed by atoms with Gasteiger partial charge in [-0.3, -0.25) is 14.6 Å². The van der Waals surface area contributed by atoms with Crippen LogP contribution in [0.15, 0.2) is 18.3 Å². The van der Waals surface area contributed by atoms with E-state index in [1.807, 2.05) is 0 Å². The summed E-state index contributed by atoms with van der Waals surface area (Å²) in [5.41, 5.74) is 5.86. The third kappa shape index (κ3) is 4.48. The van der Waals surface area contributed by atoms with E-state index >= 15 is 0 Å². The third-order valence-corrected chi connectivity index (χ3v) is 3.29. The van der Waals surface area contributed by atoms with Gasteiger partial charge in [0.05, 0.1) is 25.4 Å². The summed E-state index contributed by atoms with van der Waals surface area (Å²) in [6.07, 6.45) is 1.67. The number of nitrogens with two attached hydrogens (primary N) is 1. The minimum Gasteiger partial charge on any atom is -0.392 e. The number of amides is 2. The second kappa shape index (κ2) is 7.83. The van der Waals surface area contributed by atoms with Gasteiger partial charge in [0.2, 0.25) is 5.91 Å². The van der Waals surface area contributed by atoms with Gasteiger partial charge < -0.3 is 25.6 Å². The van der Waals surface area contributed by atoms with E-state index < -0.39 is 11.8 Å². The Balaban J connectivity index is 1.99. The maximum Gasteiger partial charge on any atom is 0.270 e. The lowest BCUT2D eigenvalue weighted by Gasteiger charge is -2.31. The number of rotatable bonds is 6. The molecule has 2 amide bonds. The van der Waals surface area contributed by atoms with Gasteiger partial charge in [0.15, 0.2) is 0 Å². The standard InChI is InChI=1S/C14H19N3O5/c15-13(19)8-22-12-2-4-21-7-11(12)17-14(20)10-5-9(6-18)1-3-16-10/h1,3,5,11-12,18H,2,4,6-8H2,(H2,15,19)(H,17,20)/t11-,12+/m1/s1. The highest BCUT2D eigenvalue weighted by Gasteiger charge is 2.29. The molecule has 2 rings (SSSR count). The Morgan fingerprint density at radius 3 is 3.09 bits per heavy atom. The van der Waals surface area contributed by atoms with Gasteiger partial charge in [-0.25, -0.2) is 0 Å². The summed E-state index contributed by atoms with van der Waals surface area (Å²) in [5, 5.41) is 11.9. The van der Waals surface area contributed by atoms with Crippen molar-refractivity contribution in [3.8, 4) is 0 Å².